The molecule has 0 spiro atoms. The van der Waals surface area contributed by atoms with Crippen LogP contribution in [0.5, 0.6) is 5.75 Å². The molecule has 0 unspecified atom stereocenters. The zero-order valence-electron chi connectivity index (χ0n) is 17.7. The highest BCUT2D eigenvalue weighted by atomic mass is 16.5. The number of aromatic nitrogens is 3. The molecule has 0 bridgehead atoms. The summed E-state index contributed by atoms with van der Waals surface area (Å²) < 4.78 is 5.34. The topological polar surface area (TPSA) is 59.9 Å². The molecule has 3 aromatic carbocycles. The van der Waals surface area contributed by atoms with E-state index in [0.717, 1.165) is 16.8 Å². The second-order valence-corrected chi connectivity index (χ2v) is 7.14. The van der Waals surface area contributed by atoms with Crippen LogP contribution in [0, 0.1) is 25.9 Å². The van der Waals surface area contributed by atoms with Crippen molar-refractivity contribution < 1.29 is 4.74 Å². The molecule has 0 aliphatic carbocycles. The molecule has 0 saturated carbocycles. The van der Waals surface area contributed by atoms with Crippen molar-refractivity contribution in [1.29, 1.82) is 0 Å². The van der Waals surface area contributed by atoms with Crippen LogP contribution in [-0.2, 0) is 0 Å². The molecule has 5 heteroatoms. The number of anilines is 2. The lowest BCUT2D eigenvalue weighted by Crippen LogP contribution is -2.03. The lowest BCUT2D eigenvalue weighted by molar-refractivity contribution is 0.519. The normalized spacial score (nSPS) is 10.2. The first-order chi connectivity index (χ1) is 15.1. The minimum atomic E-state index is 0.488. The number of aryl methyl sites for hydroxylation is 2. The molecule has 5 nitrogen and oxygen atoms in total. The summed E-state index contributed by atoms with van der Waals surface area (Å²) in [6.45, 7) is 5.84. The van der Waals surface area contributed by atoms with Crippen LogP contribution in [0.4, 0.5) is 11.6 Å². The van der Waals surface area contributed by atoms with Gasteiger partial charge in [0, 0.05) is 23.7 Å². The zero-order chi connectivity index (χ0) is 21.6. The van der Waals surface area contributed by atoms with E-state index in [-0.39, 0.29) is 0 Å². The van der Waals surface area contributed by atoms with Gasteiger partial charge in [-0.05, 0) is 50.2 Å². The second kappa shape index (κ2) is 9.10. The van der Waals surface area contributed by atoms with Crippen LogP contribution in [-0.4, -0.2) is 15.0 Å². The van der Waals surface area contributed by atoms with E-state index in [2.05, 4.69) is 41.2 Å². The Balaban J connectivity index is 1.73. The summed E-state index contributed by atoms with van der Waals surface area (Å²) in [5.41, 5.74) is 5.08. The number of ether oxygens (including phenoxy) is 1. The maximum atomic E-state index is 5.34. The Labute approximate surface area is 182 Å². The van der Waals surface area contributed by atoms with Crippen LogP contribution < -0.4 is 10.1 Å². The van der Waals surface area contributed by atoms with Crippen molar-refractivity contribution in [3.05, 3.63) is 83.9 Å². The number of nitrogens with one attached hydrogen (secondary N) is 1. The number of benzene rings is 3. The van der Waals surface area contributed by atoms with Gasteiger partial charge in [-0.2, -0.15) is 9.97 Å². The Kier molecular flexibility index (Phi) is 5.91. The van der Waals surface area contributed by atoms with Crippen LogP contribution in [0.25, 0.3) is 22.8 Å². The van der Waals surface area contributed by atoms with Crippen LogP contribution in [0.2, 0.25) is 0 Å². The molecule has 0 aliphatic heterocycles. The largest absolute Gasteiger partial charge is 0.408 e. The SMILES string of the molecule is CC#COc1ccc(-c2nc(Nc3ccc(C)cc3)nc(-c3ccc(C)cc3)n2)cc1. The molecule has 0 aliphatic rings. The third kappa shape index (κ3) is 5.06. The predicted octanol–water partition coefficient (Wildman–Crippen LogP) is 5.93. The van der Waals surface area contributed by atoms with Crippen LogP contribution in [0.1, 0.15) is 18.1 Å². The standard InChI is InChI=1S/C26H22N4O/c1-4-17-31-23-15-11-21(12-16-23)25-28-24(20-9-5-18(2)6-10-20)29-26(30-25)27-22-13-7-19(3)8-14-22/h5-16H,1-3H3,(H,27,28,29,30). The van der Waals surface area contributed by atoms with E-state index in [1.807, 2.05) is 72.8 Å². The summed E-state index contributed by atoms with van der Waals surface area (Å²) in [7, 11) is 0. The molecular weight excluding hydrogens is 384 g/mol. The molecule has 1 heterocycles. The van der Waals surface area contributed by atoms with Gasteiger partial charge in [0.15, 0.2) is 11.6 Å². The van der Waals surface area contributed by atoms with Gasteiger partial charge in [-0.15, -0.1) is 0 Å². The Bertz CT molecular complexity index is 1240. The van der Waals surface area contributed by atoms with Gasteiger partial charge in [-0.25, -0.2) is 4.98 Å². The highest BCUT2D eigenvalue weighted by molar-refractivity contribution is 5.65. The fourth-order valence-corrected chi connectivity index (χ4v) is 2.94. The van der Waals surface area contributed by atoms with E-state index < -0.39 is 0 Å². The van der Waals surface area contributed by atoms with Crippen molar-refractivity contribution in [3.8, 4) is 40.6 Å². The number of nitrogens with zero attached hydrogens (tertiary/aromatic N) is 3. The van der Waals surface area contributed by atoms with Crippen LogP contribution in [0.3, 0.4) is 0 Å². The van der Waals surface area contributed by atoms with Crippen molar-refractivity contribution in [1.82, 2.24) is 15.0 Å². The molecule has 0 fully saturated rings. The van der Waals surface area contributed by atoms with E-state index >= 15 is 0 Å². The summed E-state index contributed by atoms with van der Waals surface area (Å²) in [5.74, 6) is 5.06. The van der Waals surface area contributed by atoms with Crippen molar-refractivity contribution in [2.24, 2.45) is 0 Å². The van der Waals surface area contributed by atoms with Crippen molar-refractivity contribution in [3.63, 3.8) is 0 Å². The van der Waals surface area contributed by atoms with E-state index in [9.17, 15) is 0 Å². The van der Waals surface area contributed by atoms with Crippen LogP contribution in [0.15, 0.2) is 72.8 Å². The summed E-state index contributed by atoms with van der Waals surface area (Å²) in [6.07, 6.45) is 2.60. The number of hydrogen-bond donors (Lipinski definition) is 1. The van der Waals surface area contributed by atoms with Crippen LogP contribution >= 0.6 is 0 Å². The molecular formula is C26H22N4O. The average molecular weight is 406 g/mol. The predicted molar refractivity (Wildman–Crippen MR) is 124 cm³/mol. The minimum Gasteiger partial charge on any atom is -0.408 e. The lowest BCUT2D eigenvalue weighted by Gasteiger charge is -2.10. The molecule has 0 amide bonds. The smallest absolute Gasteiger partial charge is 0.231 e. The Morgan fingerprint density at radius 2 is 1.19 bits per heavy atom. The molecule has 0 radical (unpaired) electrons. The molecule has 152 valence electrons. The van der Waals surface area contributed by atoms with E-state index in [1.165, 1.54) is 11.1 Å². The first-order valence-electron chi connectivity index (χ1n) is 9.96. The molecule has 4 rings (SSSR count). The molecule has 31 heavy (non-hydrogen) atoms. The second-order valence-electron chi connectivity index (χ2n) is 7.14. The van der Waals surface area contributed by atoms with Gasteiger partial charge >= 0.3 is 0 Å². The molecule has 0 atom stereocenters. The molecule has 0 saturated heterocycles. The minimum absolute atomic E-state index is 0.488. The maximum Gasteiger partial charge on any atom is 0.231 e. The van der Waals surface area contributed by atoms with Gasteiger partial charge in [0.2, 0.25) is 5.95 Å². The Hall–Kier alpha value is -4.17. The fourth-order valence-electron chi connectivity index (χ4n) is 2.94. The van der Waals surface area contributed by atoms with E-state index in [4.69, 9.17) is 9.72 Å². The van der Waals surface area contributed by atoms with Gasteiger partial charge in [-0.3, -0.25) is 0 Å². The number of hydrogen-bond acceptors (Lipinski definition) is 5. The summed E-state index contributed by atoms with van der Waals surface area (Å²) in [6, 6.07) is 23.8. The van der Waals surface area contributed by atoms with E-state index in [0.29, 0.717) is 23.3 Å². The Morgan fingerprint density at radius 3 is 1.74 bits per heavy atom. The lowest BCUT2D eigenvalue weighted by atomic mass is 10.1. The number of rotatable bonds is 5. The highest BCUT2D eigenvalue weighted by Gasteiger charge is 2.11. The van der Waals surface area contributed by atoms with Gasteiger partial charge in [0.1, 0.15) is 11.9 Å². The average Bonchev–Trinajstić information content (AvgIpc) is 2.80. The summed E-state index contributed by atoms with van der Waals surface area (Å²) in [4.78, 5) is 14.0. The summed E-state index contributed by atoms with van der Waals surface area (Å²) in [5, 5.41) is 3.30. The molecule has 4 aromatic rings. The third-order valence-corrected chi connectivity index (χ3v) is 4.64. The molecule has 1 aromatic heterocycles. The fraction of sp³-hybridized carbons (Fsp3) is 0.115. The quantitative estimate of drug-likeness (QED) is 0.417. The van der Waals surface area contributed by atoms with Gasteiger partial charge in [0.05, 0.1) is 0 Å². The third-order valence-electron chi connectivity index (χ3n) is 4.64. The summed E-state index contributed by atoms with van der Waals surface area (Å²) >= 11 is 0. The van der Waals surface area contributed by atoms with Gasteiger partial charge in [0.25, 0.3) is 0 Å². The van der Waals surface area contributed by atoms with Gasteiger partial charge < -0.3 is 10.1 Å². The zero-order valence-corrected chi connectivity index (χ0v) is 17.7. The van der Waals surface area contributed by atoms with E-state index in [1.54, 1.807) is 6.92 Å². The monoisotopic (exact) mass is 406 g/mol. The first kappa shape index (κ1) is 20.1. The molecule has 1 N–H and O–H groups in total. The van der Waals surface area contributed by atoms with Crippen molar-refractivity contribution in [2.45, 2.75) is 20.8 Å². The maximum absolute atomic E-state index is 5.34. The van der Waals surface area contributed by atoms with Gasteiger partial charge in [-0.1, -0.05) is 53.4 Å². The first-order valence-corrected chi connectivity index (χ1v) is 9.96. The van der Waals surface area contributed by atoms with Crippen molar-refractivity contribution >= 4 is 11.6 Å². The van der Waals surface area contributed by atoms with Crippen molar-refractivity contribution in [2.75, 3.05) is 5.32 Å². The highest BCUT2D eigenvalue weighted by Crippen LogP contribution is 2.25. The Morgan fingerprint density at radius 1 is 0.677 bits per heavy atom.